The van der Waals surface area contributed by atoms with E-state index in [4.69, 9.17) is 4.74 Å². The Bertz CT molecular complexity index is 498. The molecule has 7 nitrogen and oxygen atoms in total. The molecule has 0 radical (unpaired) electrons. The van der Waals surface area contributed by atoms with Crippen LogP contribution in [0.5, 0.6) is 0 Å². The number of aromatic nitrogens is 3. The molecule has 0 saturated heterocycles. The van der Waals surface area contributed by atoms with Gasteiger partial charge in [0.1, 0.15) is 0 Å². The van der Waals surface area contributed by atoms with Crippen molar-refractivity contribution in [2.45, 2.75) is 44.1 Å². The van der Waals surface area contributed by atoms with Gasteiger partial charge < -0.3 is 10.1 Å². The zero-order valence-electron chi connectivity index (χ0n) is 13.0. The summed E-state index contributed by atoms with van der Waals surface area (Å²) in [5, 5.41) is 9.50. The van der Waals surface area contributed by atoms with Crippen molar-refractivity contribution in [3.8, 4) is 0 Å². The minimum Gasteiger partial charge on any atom is -0.385 e. The molecule has 0 aromatic carbocycles. The fraction of sp³-hybridized carbons (Fsp3) is 0.769. The quantitative estimate of drug-likeness (QED) is 0.521. The Hall–Kier alpha value is -1.28. The molecule has 0 aliphatic rings. The second-order valence-electron chi connectivity index (χ2n) is 5.21. The Morgan fingerprint density at radius 2 is 2.19 bits per heavy atom. The second-order valence-corrected chi connectivity index (χ2v) is 6.52. The number of hydrogen-bond acceptors (Lipinski definition) is 5. The summed E-state index contributed by atoms with van der Waals surface area (Å²) in [4.78, 5) is 23.6. The zero-order chi connectivity index (χ0) is 15.8. The number of thioether (sulfide) groups is 1. The predicted molar refractivity (Wildman–Crippen MR) is 82.5 cm³/mol. The third kappa shape index (κ3) is 5.92. The fourth-order valence-electron chi connectivity index (χ4n) is 1.62. The summed E-state index contributed by atoms with van der Waals surface area (Å²) in [5.74, 6) is 0.358. The van der Waals surface area contributed by atoms with Gasteiger partial charge in [0.05, 0.1) is 5.25 Å². The monoisotopic (exact) mass is 316 g/mol. The van der Waals surface area contributed by atoms with E-state index in [0.717, 1.165) is 6.42 Å². The first kappa shape index (κ1) is 17.8. The Morgan fingerprint density at radius 3 is 2.81 bits per heavy atom. The maximum atomic E-state index is 12.0. The summed E-state index contributed by atoms with van der Waals surface area (Å²) in [7, 11) is 1.62. The van der Waals surface area contributed by atoms with E-state index in [1.165, 1.54) is 16.3 Å². The largest absolute Gasteiger partial charge is 0.385 e. The van der Waals surface area contributed by atoms with Gasteiger partial charge in [-0.3, -0.25) is 9.36 Å². The fourth-order valence-corrected chi connectivity index (χ4v) is 2.52. The molecule has 0 aliphatic heterocycles. The van der Waals surface area contributed by atoms with Crippen LogP contribution < -0.4 is 11.0 Å². The van der Waals surface area contributed by atoms with Crippen LogP contribution in [0.15, 0.2) is 9.95 Å². The van der Waals surface area contributed by atoms with E-state index >= 15 is 0 Å². The lowest BCUT2D eigenvalue weighted by molar-refractivity contribution is -0.120. The van der Waals surface area contributed by atoms with E-state index in [9.17, 15) is 9.59 Å². The number of rotatable bonds is 9. The number of carbonyl (C=O) groups is 1. The van der Waals surface area contributed by atoms with Crippen molar-refractivity contribution in [1.82, 2.24) is 20.1 Å². The molecule has 0 fully saturated rings. The lowest BCUT2D eigenvalue weighted by Gasteiger charge is -2.13. The van der Waals surface area contributed by atoms with Crippen molar-refractivity contribution in [1.29, 1.82) is 0 Å². The van der Waals surface area contributed by atoms with Gasteiger partial charge in [-0.05, 0) is 19.3 Å². The average Bonchev–Trinajstić information content (AvgIpc) is 2.77. The van der Waals surface area contributed by atoms with Gasteiger partial charge in [-0.2, -0.15) is 0 Å². The number of carbonyl (C=O) groups excluding carboxylic acids is 1. The molecule has 2 N–H and O–H groups in total. The lowest BCUT2D eigenvalue weighted by Crippen LogP contribution is -2.33. The molecule has 1 heterocycles. The van der Waals surface area contributed by atoms with Crippen LogP contribution in [-0.4, -0.2) is 46.2 Å². The minimum absolute atomic E-state index is 0.0485. The van der Waals surface area contributed by atoms with E-state index < -0.39 is 0 Å². The molecule has 1 atom stereocenters. The highest BCUT2D eigenvalue weighted by atomic mass is 32.2. The van der Waals surface area contributed by atoms with Crippen LogP contribution in [0.3, 0.4) is 0 Å². The van der Waals surface area contributed by atoms with E-state index in [1.807, 2.05) is 13.8 Å². The average molecular weight is 316 g/mol. The van der Waals surface area contributed by atoms with Crippen LogP contribution >= 0.6 is 11.8 Å². The standard InChI is InChI=1S/C13H24N4O3S/c1-9(2)8-14-11(18)10(3)21-13-16-15-12(19)17(13)6-5-7-20-4/h9-10H,5-8H2,1-4H3,(H,14,18)(H,15,19). The summed E-state index contributed by atoms with van der Waals surface area (Å²) in [6.45, 7) is 7.63. The number of methoxy groups -OCH3 is 1. The molecular weight excluding hydrogens is 292 g/mol. The van der Waals surface area contributed by atoms with Gasteiger partial charge in [-0.25, -0.2) is 9.89 Å². The third-order valence-corrected chi connectivity index (χ3v) is 3.88. The Balaban J connectivity index is 2.61. The maximum Gasteiger partial charge on any atom is 0.343 e. The lowest BCUT2D eigenvalue weighted by atomic mass is 10.2. The molecule has 1 aromatic heterocycles. The molecule has 1 amide bonds. The second kappa shape index (κ2) is 8.89. The summed E-state index contributed by atoms with van der Waals surface area (Å²) in [6.07, 6.45) is 0.720. The van der Waals surface area contributed by atoms with E-state index in [-0.39, 0.29) is 16.8 Å². The van der Waals surface area contributed by atoms with Crippen molar-refractivity contribution in [3.63, 3.8) is 0 Å². The van der Waals surface area contributed by atoms with Crippen molar-refractivity contribution in [2.75, 3.05) is 20.3 Å². The van der Waals surface area contributed by atoms with Gasteiger partial charge in [-0.1, -0.05) is 25.6 Å². The smallest absolute Gasteiger partial charge is 0.343 e. The number of nitrogens with one attached hydrogen (secondary N) is 2. The summed E-state index contributed by atoms with van der Waals surface area (Å²) < 4.78 is 6.51. The molecular formula is C13H24N4O3S. The highest BCUT2D eigenvalue weighted by molar-refractivity contribution is 8.00. The summed E-state index contributed by atoms with van der Waals surface area (Å²) in [5.41, 5.74) is -0.261. The van der Waals surface area contributed by atoms with Crippen LogP contribution in [0.4, 0.5) is 0 Å². The Labute approximate surface area is 128 Å². The molecule has 0 bridgehead atoms. The normalized spacial score (nSPS) is 12.6. The number of hydrogen-bond donors (Lipinski definition) is 2. The van der Waals surface area contributed by atoms with Crippen LogP contribution in [0.25, 0.3) is 0 Å². The number of ether oxygens (including phenoxy) is 1. The minimum atomic E-state index is -0.305. The molecule has 0 aliphatic carbocycles. The van der Waals surface area contributed by atoms with E-state index in [0.29, 0.717) is 30.8 Å². The number of amides is 1. The first-order valence-corrected chi connectivity index (χ1v) is 7.92. The van der Waals surface area contributed by atoms with Gasteiger partial charge in [0.15, 0.2) is 5.16 Å². The van der Waals surface area contributed by atoms with Crippen molar-refractivity contribution in [2.24, 2.45) is 5.92 Å². The summed E-state index contributed by atoms with van der Waals surface area (Å²) in [6, 6.07) is 0. The molecule has 21 heavy (non-hydrogen) atoms. The predicted octanol–water partition coefficient (Wildman–Crippen LogP) is 0.861. The first-order valence-electron chi connectivity index (χ1n) is 7.04. The molecule has 120 valence electrons. The highest BCUT2D eigenvalue weighted by Gasteiger charge is 2.18. The topological polar surface area (TPSA) is 89.0 Å². The Kier molecular flexibility index (Phi) is 7.52. The molecule has 1 rings (SSSR count). The van der Waals surface area contributed by atoms with Gasteiger partial charge in [0.25, 0.3) is 0 Å². The highest BCUT2D eigenvalue weighted by Crippen LogP contribution is 2.20. The van der Waals surface area contributed by atoms with Gasteiger partial charge in [0, 0.05) is 26.8 Å². The van der Waals surface area contributed by atoms with Crippen LogP contribution in [-0.2, 0) is 16.1 Å². The molecule has 0 saturated carbocycles. The van der Waals surface area contributed by atoms with E-state index in [1.54, 1.807) is 14.0 Å². The molecule has 1 unspecified atom stereocenters. The van der Waals surface area contributed by atoms with Crippen LogP contribution in [0.1, 0.15) is 27.2 Å². The maximum absolute atomic E-state index is 12.0. The SMILES string of the molecule is COCCCn1c(SC(C)C(=O)NCC(C)C)n[nH]c1=O. The summed E-state index contributed by atoms with van der Waals surface area (Å²) >= 11 is 1.28. The number of H-pyrrole nitrogens is 1. The van der Waals surface area contributed by atoms with Gasteiger partial charge in [-0.15, -0.1) is 5.10 Å². The zero-order valence-corrected chi connectivity index (χ0v) is 13.8. The molecule has 0 spiro atoms. The number of aromatic amines is 1. The first-order chi connectivity index (χ1) is 9.95. The van der Waals surface area contributed by atoms with Crippen molar-refractivity contribution >= 4 is 17.7 Å². The van der Waals surface area contributed by atoms with Gasteiger partial charge >= 0.3 is 5.69 Å². The van der Waals surface area contributed by atoms with Gasteiger partial charge in [0.2, 0.25) is 5.91 Å². The van der Waals surface area contributed by atoms with Crippen LogP contribution in [0, 0.1) is 5.92 Å². The van der Waals surface area contributed by atoms with E-state index in [2.05, 4.69) is 15.5 Å². The molecule has 8 heteroatoms. The number of nitrogens with zero attached hydrogens (tertiary/aromatic N) is 2. The van der Waals surface area contributed by atoms with Crippen molar-refractivity contribution in [3.05, 3.63) is 10.5 Å². The molecule has 1 aromatic rings. The van der Waals surface area contributed by atoms with Crippen molar-refractivity contribution < 1.29 is 9.53 Å². The third-order valence-electron chi connectivity index (χ3n) is 2.79. The van der Waals surface area contributed by atoms with Crippen LogP contribution in [0.2, 0.25) is 0 Å². The Morgan fingerprint density at radius 1 is 1.48 bits per heavy atom.